The molecule has 2 aromatic rings. The number of imide groups is 1. The lowest BCUT2D eigenvalue weighted by molar-refractivity contribution is -0.133. The van der Waals surface area contributed by atoms with Crippen molar-refractivity contribution in [3.05, 3.63) is 77.4 Å². The van der Waals surface area contributed by atoms with Crippen LogP contribution in [0, 0.1) is 17.5 Å². The molecule has 4 amide bonds. The summed E-state index contributed by atoms with van der Waals surface area (Å²) < 4.78 is 39.7. The van der Waals surface area contributed by atoms with Gasteiger partial charge in [-0.25, -0.2) is 23.4 Å². The normalized spacial score (nSPS) is 18.1. The van der Waals surface area contributed by atoms with Crippen LogP contribution in [0.15, 0.2) is 54.4 Å². The number of fused-ring (bicyclic) bond motifs is 1. The van der Waals surface area contributed by atoms with Gasteiger partial charge in [-0.15, -0.1) is 0 Å². The van der Waals surface area contributed by atoms with Crippen LogP contribution in [-0.2, 0) is 16.1 Å². The maximum Gasteiger partial charge on any atom is 0.331 e. The number of nitrogens with one attached hydrogen (secondary N) is 2. The highest BCUT2D eigenvalue weighted by molar-refractivity contribution is 6.05. The van der Waals surface area contributed by atoms with E-state index in [4.69, 9.17) is 0 Å². The Hall–Kier alpha value is -3.86. The van der Waals surface area contributed by atoms with Crippen molar-refractivity contribution in [1.82, 2.24) is 20.2 Å². The predicted octanol–water partition coefficient (Wildman–Crippen LogP) is 2.17. The summed E-state index contributed by atoms with van der Waals surface area (Å²) in [6.45, 7) is -0.586. The summed E-state index contributed by atoms with van der Waals surface area (Å²) in [5.41, 5.74) is 3.71. The maximum atomic E-state index is 13.4. The number of carbonyl (C=O) groups excluding carboxylic acids is 3. The molecule has 0 spiro atoms. The van der Waals surface area contributed by atoms with Gasteiger partial charge >= 0.3 is 6.03 Å². The Morgan fingerprint density at radius 2 is 1.75 bits per heavy atom. The molecule has 0 radical (unpaired) electrons. The molecule has 2 heterocycles. The molecule has 1 unspecified atom stereocenters. The first kappa shape index (κ1) is 21.4. The zero-order chi connectivity index (χ0) is 23.0. The van der Waals surface area contributed by atoms with Gasteiger partial charge in [0.25, 0.3) is 5.91 Å². The van der Waals surface area contributed by atoms with Crippen LogP contribution < -0.4 is 10.7 Å². The second kappa shape index (κ2) is 8.35. The van der Waals surface area contributed by atoms with E-state index in [1.807, 2.05) is 0 Å². The van der Waals surface area contributed by atoms with Crippen LogP contribution in [0.2, 0.25) is 0 Å². The number of anilines is 1. The smallest absolute Gasteiger partial charge is 0.324 e. The largest absolute Gasteiger partial charge is 0.331 e. The number of hydrogen-bond donors (Lipinski definition) is 2. The minimum absolute atomic E-state index is 0.0183. The second-order valence-electron chi connectivity index (χ2n) is 7.32. The SMILES string of the molecule is CN1C=C2C(N1)C(=O)N(Cc1ccc(F)cc1)C(=O)N2CC(=O)Nc1ccc(F)c(F)c1. The van der Waals surface area contributed by atoms with E-state index in [9.17, 15) is 27.6 Å². The molecule has 4 rings (SSSR count). The molecule has 0 aromatic heterocycles. The summed E-state index contributed by atoms with van der Waals surface area (Å²) in [5, 5.41) is 3.90. The Morgan fingerprint density at radius 3 is 2.44 bits per heavy atom. The number of amides is 4. The molecule has 1 saturated heterocycles. The van der Waals surface area contributed by atoms with Crippen molar-refractivity contribution in [2.24, 2.45) is 0 Å². The molecule has 0 saturated carbocycles. The fourth-order valence-corrected chi connectivity index (χ4v) is 3.49. The van der Waals surface area contributed by atoms with Crippen LogP contribution in [0.1, 0.15) is 5.56 Å². The van der Waals surface area contributed by atoms with Crippen molar-refractivity contribution >= 4 is 23.5 Å². The Bertz CT molecular complexity index is 1120. The number of nitrogens with zero attached hydrogens (tertiary/aromatic N) is 3. The minimum Gasteiger partial charge on any atom is -0.324 e. The van der Waals surface area contributed by atoms with E-state index in [2.05, 4.69) is 10.7 Å². The highest BCUT2D eigenvalue weighted by Gasteiger charge is 2.46. The fraction of sp³-hybridized carbons (Fsp3) is 0.190. The fourth-order valence-electron chi connectivity index (χ4n) is 3.49. The number of hydrazine groups is 1. The zero-order valence-corrected chi connectivity index (χ0v) is 16.8. The average Bonchev–Trinajstić information content (AvgIpc) is 3.14. The van der Waals surface area contributed by atoms with Gasteiger partial charge in [-0.05, 0) is 29.8 Å². The lowest BCUT2D eigenvalue weighted by atomic mass is 10.1. The number of hydrogen-bond acceptors (Lipinski definition) is 5. The number of rotatable bonds is 5. The van der Waals surface area contributed by atoms with E-state index in [0.717, 1.165) is 21.9 Å². The van der Waals surface area contributed by atoms with Crippen molar-refractivity contribution in [3.8, 4) is 0 Å². The van der Waals surface area contributed by atoms with E-state index in [1.54, 1.807) is 7.05 Å². The Labute approximate surface area is 180 Å². The molecule has 2 N–H and O–H groups in total. The van der Waals surface area contributed by atoms with Crippen LogP contribution in [0.4, 0.5) is 23.7 Å². The molecule has 166 valence electrons. The molecule has 0 bridgehead atoms. The van der Waals surface area contributed by atoms with Crippen molar-refractivity contribution in [2.45, 2.75) is 12.6 Å². The first-order valence-corrected chi connectivity index (χ1v) is 9.56. The molecule has 0 aliphatic carbocycles. The van der Waals surface area contributed by atoms with Gasteiger partial charge in [0.15, 0.2) is 11.6 Å². The van der Waals surface area contributed by atoms with Gasteiger partial charge in [0.05, 0.1) is 12.2 Å². The van der Waals surface area contributed by atoms with Gasteiger partial charge in [-0.2, -0.15) is 0 Å². The zero-order valence-electron chi connectivity index (χ0n) is 16.8. The molecule has 1 atom stereocenters. The molecule has 11 heteroatoms. The second-order valence-corrected chi connectivity index (χ2v) is 7.32. The topological polar surface area (TPSA) is 85.0 Å². The number of halogens is 3. The van der Waals surface area contributed by atoms with Crippen LogP contribution in [-0.4, -0.2) is 52.3 Å². The van der Waals surface area contributed by atoms with Crippen LogP contribution in [0.5, 0.6) is 0 Å². The van der Waals surface area contributed by atoms with Crippen molar-refractivity contribution in [1.29, 1.82) is 0 Å². The standard InChI is InChI=1S/C21H18F3N5O3/c1-27-10-17-19(26-27)20(31)29(9-12-2-4-13(22)5-3-12)21(32)28(17)11-18(30)25-14-6-7-15(23)16(24)8-14/h2-8,10,19,26H,9,11H2,1H3,(H,25,30). The van der Waals surface area contributed by atoms with E-state index in [-0.39, 0.29) is 17.9 Å². The lowest BCUT2D eigenvalue weighted by Gasteiger charge is -2.37. The highest BCUT2D eigenvalue weighted by atomic mass is 19.2. The highest BCUT2D eigenvalue weighted by Crippen LogP contribution is 2.27. The van der Waals surface area contributed by atoms with E-state index >= 15 is 0 Å². The summed E-state index contributed by atoms with van der Waals surface area (Å²) in [6, 6.07) is 6.59. The van der Waals surface area contributed by atoms with Crippen LogP contribution >= 0.6 is 0 Å². The molecular weight excluding hydrogens is 427 g/mol. The molecule has 8 nitrogen and oxygen atoms in total. The van der Waals surface area contributed by atoms with Gasteiger partial charge in [0.1, 0.15) is 18.4 Å². The summed E-state index contributed by atoms with van der Waals surface area (Å²) in [7, 11) is 1.63. The third kappa shape index (κ3) is 4.14. The van der Waals surface area contributed by atoms with Crippen molar-refractivity contribution in [3.63, 3.8) is 0 Å². The number of urea groups is 1. The maximum absolute atomic E-state index is 13.4. The van der Waals surface area contributed by atoms with Gasteiger partial charge in [-0.1, -0.05) is 12.1 Å². The van der Waals surface area contributed by atoms with E-state index in [1.165, 1.54) is 41.5 Å². The van der Waals surface area contributed by atoms with Crippen LogP contribution in [0.3, 0.4) is 0 Å². The molecular formula is C21H18F3N5O3. The van der Waals surface area contributed by atoms with Crippen molar-refractivity contribution in [2.75, 3.05) is 18.9 Å². The third-order valence-corrected chi connectivity index (χ3v) is 5.00. The quantitative estimate of drug-likeness (QED) is 0.737. The van der Waals surface area contributed by atoms with Crippen molar-refractivity contribution < 1.29 is 27.6 Å². The number of benzene rings is 2. The van der Waals surface area contributed by atoms with E-state index < -0.39 is 47.9 Å². The van der Waals surface area contributed by atoms with Gasteiger partial charge in [0.2, 0.25) is 5.91 Å². The lowest BCUT2D eigenvalue weighted by Crippen LogP contribution is -2.60. The molecule has 1 fully saturated rings. The monoisotopic (exact) mass is 445 g/mol. The Balaban J connectivity index is 1.55. The predicted molar refractivity (Wildman–Crippen MR) is 107 cm³/mol. The average molecular weight is 445 g/mol. The van der Waals surface area contributed by atoms with Crippen LogP contribution in [0.25, 0.3) is 0 Å². The van der Waals surface area contributed by atoms with Gasteiger partial charge in [0, 0.05) is 25.0 Å². The summed E-state index contributed by atoms with van der Waals surface area (Å²) in [6.07, 6.45) is 1.51. The summed E-state index contributed by atoms with van der Waals surface area (Å²) >= 11 is 0. The molecule has 2 aliphatic rings. The molecule has 2 aliphatic heterocycles. The van der Waals surface area contributed by atoms with Gasteiger partial charge < -0.3 is 10.3 Å². The number of carbonyl (C=O) groups is 3. The Kier molecular flexibility index (Phi) is 5.57. The Morgan fingerprint density at radius 1 is 1.03 bits per heavy atom. The minimum atomic E-state index is -1.13. The first-order chi connectivity index (χ1) is 15.2. The van der Waals surface area contributed by atoms with Gasteiger partial charge in [-0.3, -0.25) is 19.4 Å². The third-order valence-electron chi connectivity index (χ3n) is 5.00. The summed E-state index contributed by atoms with van der Waals surface area (Å²) in [4.78, 5) is 40.7. The van der Waals surface area contributed by atoms with E-state index in [0.29, 0.717) is 5.56 Å². The molecule has 32 heavy (non-hydrogen) atoms. The molecule has 2 aromatic carbocycles. The first-order valence-electron chi connectivity index (χ1n) is 9.56. The summed E-state index contributed by atoms with van der Waals surface area (Å²) in [5.74, 6) is -3.83.